The van der Waals surface area contributed by atoms with Gasteiger partial charge in [-0.3, -0.25) is 4.79 Å². The number of hydrogen-bond acceptors (Lipinski definition) is 1. The van der Waals surface area contributed by atoms with Gasteiger partial charge in [-0.15, -0.1) is 0 Å². The van der Waals surface area contributed by atoms with E-state index in [1.54, 1.807) is 0 Å². The number of benzene rings is 1. The van der Waals surface area contributed by atoms with Crippen LogP contribution in [0.25, 0.3) is 0 Å². The predicted octanol–water partition coefficient (Wildman–Crippen LogP) is 2.99. The van der Waals surface area contributed by atoms with E-state index in [0.29, 0.717) is 5.92 Å². The highest BCUT2D eigenvalue weighted by atomic mass is 79.9. The highest BCUT2D eigenvalue weighted by molar-refractivity contribution is 9.10. The number of carbonyl (C=O) groups is 1. The Bertz CT molecular complexity index is 416. The fraction of sp³-hybridized carbons (Fsp3) is 0.500. The van der Waals surface area contributed by atoms with Crippen LogP contribution in [0.5, 0.6) is 0 Å². The Hall–Kier alpha value is -0.830. The van der Waals surface area contributed by atoms with Gasteiger partial charge in [0.1, 0.15) is 0 Å². The van der Waals surface area contributed by atoms with E-state index in [1.807, 2.05) is 11.0 Å². The van der Waals surface area contributed by atoms with E-state index >= 15 is 0 Å². The number of hydrogen-bond donors (Lipinski definition) is 0. The highest BCUT2D eigenvalue weighted by Gasteiger charge is 2.27. The molecule has 1 atom stereocenters. The molecular weight excluding hydrogens is 278 g/mol. The van der Waals surface area contributed by atoms with E-state index in [4.69, 9.17) is 0 Å². The Balaban J connectivity index is 2.10. The van der Waals surface area contributed by atoms with E-state index in [9.17, 15) is 4.79 Å². The van der Waals surface area contributed by atoms with Gasteiger partial charge in [-0.1, -0.05) is 54.0 Å². The second-order valence-corrected chi connectivity index (χ2v) is 5.91. The third-order valence-electron chi connectivity index (χ3n) is 3.26. The Morgan fingerprint density at radius 3 is 2.59 bits per heavy atom. The highest BCUT2D eigenvalue weighted by Crippen LogP contribution is 2.22. The monoisotopic (exact) mass is 295 g/mol. The molecule has 0 saturated heterocycles. The lowest BCUT2D eigenvalue weighted by molar-refractivity contribution is -0.132. The molecule has 0 bridgehead atoms. The largest absolute Gasteiger partial charge is 0.337 e. The van der Waals surface area contributed by atoms with Crippen molar-refractivity contribution in [2.24, 2.45) is 5.92 Å². The summed E-state index contributed by atoms with van der Waals surface area (Å²) in [6.45, 7) is 5.72. The lowest BCUT2D eigenvalue weighted by Crippen LogP contribution is -2.41. The van der Waals surface area contributed by atoms with Gasteiger partial charge in [0.05, 0.1) is 4.83 Å². The van der Waals surface area contributed by atoms with Crippen molar-refractivity contribution in [3.63, 3.8) is 0 Å². The molecule has 0 spiro atoms. The molecule has 0 radical (unpaired) electrons. The van der Waals surface area contributed by atoms with Crippen LogP contribution in [0.4, 0.5) is 0 Å². The Labute approximate surface area is 111 Å². The van der Waals surface area contributed by atoms with Crippen LogP contribution in [-0.2, 0) is 17.8 Å². The first-order valence-corrected chi connectivity index (χ1v) is 7.01. The fourth-order valence-corrected chi connectivity index (χ4v) is 2.43. The maximum atomic E-state index is 12.2. The molecule has 1 aromatic carbocycles. The average Bonchev–Trinajstić information content (AvgIpc) is 2.36. The van der Waals surface area contributed by atoms with Gasteiger partial charge in [-0.25, -0.2) is 0 Å². The maximum absolute atomic E-state index is 12.2. The van der Waals surface area contributed by atoms with Crippen molar-refractivity contribution in [3.8, 4) is 0 Å². The van der Waals surface area contributed by atoms with Gasteiger partial charge < -0.3 is 4.90 Å². The van der Waals surface area contributed by atoms with Crippen LogP contribution in [-0.4, -0.2) is 22.2 Å². The molecule has 1 amide bonds. The third kappa shape index (κ3) is 2.71. The predicted molar refractivity (Wildman–Crippen MR) is 73.1 cm³/mol. The Morgan fingerprint density at radius 1 is 1.29 bits per heavy atom. The molecule has 92 valence electrons. The zero-order chi connectivity index (χ0) is 12.4. The molecule has 1 aliphatic rings. The van der Waals surface area contributed by atoms with Gasteiger partial charge in [0.2, 0.25) is 5.91 Å². The second kappa shape index (κ2) is 5.21. The molecule has 2 nitrogen and oxygen atoms in total. The van der Waals surface area contributed by atoms with Crippen molar-refractivity contribution < 1.29 is 4.79 Å². The fourth-order valence-electron chi connectivity index (χ4n) is 2.14. The van der Waals surface area contributed by atoms with E-state index in [2.05, 4.69) is 48.0 Å². The van der Waals surface area contributed by atoms with Gasteiger partial charge in [0.25, 0.3) is 0 Å². The summed E-state index contributed by atoms with van der Waals surface area (Å²) in [5, 5.41) is 0. The minimum Gasteiger partial charge on any atom is -0.337 e. The van der Waals surface area contributed by atoms with Crippen molar-refractivity contribution in [2.45, 2.75) is 31.6 Å². The quantitative estimate of drug-likeness (QED) is 0.768. The van der Waals surface area contributed by atoms with Crippen LogP contribution in [0.2, 0.25) is 0 Å². The standard InChI is InChI=1S/C14H18BrNO/c1-10(2)13(15)14(17)16-8-7-11-5-3-4-6-12(11)9-16/h3-6,10,13H,7-9H2,1-2H3/t13-/m0/s1. The van der Waals surface area contributed by atoms with Gasteiger partial charge in [0.15, 0.2) is 0 Å². The number of halogens is 1. The molecule has 3 heteroatoms. The maximum Gasteiger partial charge on any atom is 0.236 e. The van der Waals surface area contributed by atoms with Crippen LogP contribution in [0.15, 0.2) is 24.3 Å². The van der Waals surface area contributed by atoms with E-state index in [0.717, 1.165) is 19.5 Å². The molecule has 0 unspecified atom stereocenters. The van der Waals surface area contributed by atoms with E-state index in [1.165, 1.54) is 11.1 Å². The summed E-state index contributed by atoms with van der Waals surface area (Å²) in [6.07, 6.45) is 0.972. The first kappa shape index (κ1) is 12.6. The number of fused-ring (bicyclic) bond motifs is 1. The van der Waals surface area contributed by atoms with Crippen molar-refractivity contribution in [2.75, 3.05) is 6.54 Å². The first-order valence-electron chi connectivity index (χ1n) is 6.09. The molecule has 2 rings (SSSR count). The summed E-state index contributed by atoms with van der Waals surface area (Å²) in [4.78, 5) is 14.1. The summed E-state index contributed by atoms with van der Waals surface area (Å²) < 4.78 is 0. The number of carbonyl (C=O) groups excluding carboxylic acids is 1. The summed E-state index contributed by atoms with van der Waals surface area (Å²) in [7, 11) is 0. The first-order chi connectivity index (χ1) is 8.09. The summed E-state index contributed by atoms with van der Waals surface area (Å²) in [5.41, 5.74) is 2.67. The molecular formula is C14H18BrNO. The molecule has 0 saturated carbocycles. The molecule has 0 aliphatic carbocycles. The summed E-state index contributed by atoms with van der Waals surface area (Å²) >= 11 is 3.49. The van der Waals surface area contributed by atoms with Gasteiger partial charge in [-0.05, 0) is 23.5 Å². The van der Waals surface area contributed by atoms with E-state index in [-0.39, 0.29) is 10.7 Å². The van der Waals surface area contributed by atoms with Gasteiger partial charge in [-0.2, -0.15) is 0 Å². The molecule has 17 heavy (non-hydrogen) atoms. The lowest BCUT2D eigenvalue weighted by Gasteiger charge is -2.31. The minimum atomic E-state index is -0.0623. The number of amides is 1. The molecule has 0 N–H and O–H groups in total. The zero-order valence-electron chi connectivity index (χ0n) is 10.3. The van der Waals surface area contributed by atoms with Crippen LogP contribution < -0.4 is 0 Å². The van der Waals surface area contributed by atoms with Crippen molar-refractivity contribution in [3.05, 3.63) is 35.4 Å². The topological polar surface area (TPSA) is 20.3 Å². The minimum absolute atomic E-state index is 0.0623. The van der Waals surface area contributed by atoms with Crippen molar-refractivity contribution in [1.29, 1.82) is 0 Å². The second-order valence-electron chi connectivity index (χ2n) is 4.92. The molecule has 0 fully saturated rings. The van der Waals surface area contributed by atoms with Crippen LogP contribution in [0.1, 0.15) is 25.0 Å². The lowest BCUT2D eigenvalue weighted by atomic mass is 9.99. The molecule has 0 aromatic heterocycles. The number of nitrogens with zero attached hydrogens (tertiary/aromatic N) is 1. The van der Waals surface area contributed by atoms with Crippen LogP contribution >= 0.6 is 15.9 Å². The molecule has 1 aromatic rings. The smallest absolute Gasteiger partial charge is 0.236 e. The van der Waals surface area contributed by atoms with Crippen LogP contribution in [0, 0.1) is 5.92 Å². The summed E-state index contributed by atoms with van der Waals surface area (Å²) in [6, 6.07) is 8.39. The SMILES string of the molecule is CC(C)[C@H](Br)C(=O)N1CCc2ccccc2C1. The number of rotatable bonds is 2. The zero-order valence-corrected chi connectivity index (χ0v) is 11.9. The Morgan fingerprint density at radius 2 is 1.94 bits per heavy atom. The molecule has 1 aliphatic heterocycles. The van der Waals surface area contributed by atoms with Crippen molar-refractivity contribution in [1.82, 2.24) is 4.90 Å². The van der Waals surface area contributed by atoms with Gasteiger partial charge in [0, 0.05) is 13.1 Å². The number of alkyl halides is 1. The summed E-state index contributed by atoms with van der Waals surface area (Å²) in [5.74, 6) is 0.550. The van der Waals surface area contributed by atoms with Crippen molar-refractivity contribution >= 4 is 21.8 Å². The normalized spacial score (nSPS) is 16.8. The Kier molecular flexibility index (Phi) is 3.87. The third-order valence-corrected chi connectivity index (χ3v) is 4.71. The average molecular weight is 296 g/mol. The van der Waals surface area contributed by atoms with Crippen LogP contribution in [0.3, 0.4) is 0 Å². The van der Waals surface area contributed by atoms with Gasteiger partial charge >= 0.3 is 0 Å². The van der Waals surface area contributed by atoms with E-state index < -0.39 is 0 Å². The molecule has 1 heterocycles.